The Bertz CT molecular complexity index is 626. The van der Waals surface area contributed by atoms with Gasteiger partial charge in [-0.15, -0.1) is 0 Å². The van der Waals surface area contributed by atoms with E-state index in [0.29, 0.717) is 12.0 Å². The third kappa shape index (κ3) is 3.83. The Hall–Kier alpha value is -1.75. The molecule has 1 aliphatic heterocycles. The average Bonchev–Trinajstić information content (AvgIpc) is 3.38. The van der Waals surface area contributed by atoms with Gasteiger partial charge in [-0.3, -0.25) is 9.79 Å². The zero-order valence-corrected chi connectivity index (χ0v) is 14.9. The van der Waals surface area contributed by atoms with Crippen LogP contribution in [-0.2, 0) is 9.53 Å². The molecule has 3 rings (SSSR count). The van der Waals surface area contributed by atoms with Gasteiger partial charge in [0.15, 0.2) is 5.96 Å². The molecule has 0 radical (unpaired) electrons. The first kappa shape index (κ1) is 17.1. The van der Waals surface area contributed by atoms with Crippen molar-refractivity contribution in [1.29, 1.82) is 0 Å². The molecule has 1 aromatic carbocycles. The van der Waals surface area contributed by atoms with Crippen LogP contribution < -0.4 is 5.32 Å². The summed E-state index contributed by atoms with van der Waals surface area (Å²) in [5.74, 6) is 1.34. The van der Waals surface area contributed by atoms with Crippen molar-refractivity contribution >= 4 is 23.5 Å². The lowest BCUT2D eigenvalue weighted by Crippen LogP contribution is -2.47. The number of guanidine groups is 1. The number of esters is 1. The van der Waals surface area contributed by atoms with Gasteiger partial charge in [0.1, 0.15) is 0 Å². The summed E-state index contributed by atoms with van der Waals surface area (Å²) in [4.78, 5) is 18.3. The lowest BCUT2D eigenvalue weighted by Gasteiger charge is -2.33. The van der Waals surface area contributed by atoms with Crippen molar-refractivity contribution in [1.82, 2.24) is 10.2 Å². The quantitative estimate of drug-likeness (QED) is 0.518. The van der Waals surface area contributed by atoms with E-state index >= 15 is 0 Å². The second-order valence-corrected chi connectivity index (χ2v) is 6.92. The van der Waals surface area contributed by atoms with Crippen LogP contribution in [0.4, 0.5) is 0 Å². The molecular weight excluding hydrogens is 326 g/mol. The second kappa shape index (κ2) is 7.43. The van der Waals surface area contributed by atoms with Gasteiger partial charge in [0.25, 0.3) is 0 Å². The molecule has 2 fully saturated rings. The molecule has 5 nitrogen and oxygen atoms in total. The minimum atomic E-state index is -0.0965. The highest BCUT2D eigenvalue weighted by molar-refractivity contribution is 6.30. The molecule has 1 heterocycles. The predicted molar refractivity (Wildman–Crippen MR) is 95.4 cm³/mol. The van der Waals surface area contributed by atoms with Crippen LogP contribution >= 0.6 is 11.6 Å². The number of aliphatic imine (C=N–C) groups is 1. The van der Waals surface area contributed by atoms with Gasteiger partial charge >= 0.3 is 5.97 Å². The maximum atomic E-state index is 11.6. The second-order valence-electron chi connectivity index (χ2n) is 6.48. The zero-order valence-electron chi connectivity index (χ0n) is 14.2. The lowest BCUT2D eigenvalue weighted by atomic mass is 9.97. The maximum Gasteiger partial charge on any atom is 0.308 e. The molecule has 0 amide bonds. The number of nitrogens with zero attached hydrogens (tertiary/aromatic N) is 2. The summed E-state index contributed by atoms with van der Waals surface area (Å²) >= 11 is 6.08. The molecule has 2 aliphatic rings. The van der Waals surface area contributed by atoms with Crippen LogP contribution in [0, 0.1) is 5.92 Å². The molecule has 130 valence electrons. The third-order valence-corrected chi connectivity index (χ3v) is 5.16. The highest BCUT2D eigenvalue weighted by Gasteiger charge is 2.40. The van der Waals surface area contributed by atoms with Crippen molar-refractivity contribution < 1.29 is 9.53 Å². The lowest BCUT2D eigenvalue weighted by molar-refractivity contribution is -0.146. The normalized spacial score (nSPS) is 24.6. The molecule has 1 aromatic rings. The van der Waals surface area contributed by atoms with Crippen molar-refractivity contribution in [2.45, 2.75) is 31.2 Å². The number of benzene rings is 1. The zero-order chi connectivity index (χ0) is 17.1. The molecule has 1 saturated heterocycles. The van der Waals surface area contributed by atoms with E-state index in [0.717, 1.165) is 43.3 Å². The van der Waals surface area contributed by atoms with Crippen molar-refractivity contribution in [2.24, 2.45) is 10.9 Å². The molecule has 1 N–H and O–H groups in total. The number of carbonyl (C=O) groups is 1. The molecule has 6 heteroatoms. The summed E-state index contributed by atoms with van der Waals surface area (Å²) in [5.41, 5.74) is 1.28. The van der Waals surface area contributed by atoms with Crippen LogP contribution in [0.3, 0.4) is 0 Å². The van der Waals surface area contributed by atoms with Gasteiger partial charge in [-0.25, -0.2) is 0 Å². The highest BCUT2D eigenvalue weighted by Crippen LogP contribution is 2.41. The monoisotopic (exact) mass is 349 g/mol. The van der Waals surface area contributed by atoms with Crippen LogP contribution in [0.5, 0.6) is 0 Å². The summed E-state index contributed by atoms with van der Waals surface area (Å²) in [6.07, 6.45) is 2.73. The minimum Gasteiger partial charge on any atom is -0.469 e. The van der Waals surface area contributed by atoms with E-state index in [1.54, 1.807) is 0 Å². The summed E-state index contributed by atoms with van der Waals surface area (Å²) in [6, 6.07) is 8.47. The van der Waals surface area contributed by atoms with Crippen molar-refractivity contribution in [3.8, 4) is 0 Å². The minimum absolute atomic E-state index is 0.0180. The summed E-state index contributed by atoms with van der Waals surface area (Å²) in [7, 11) is 3.27. The number of nitrogens with one attached hydrogen (secondary N) is 1. The van der Waals surface area contributed by atoms with Gasteiger partial charge in [-0.05, 0) is 37.0 Å². The van der Waals surface area contributed by atoms with Crippen LogP contribution in [0.2, 0.25) is 5.02 Å². The summed E-state index contributed by atoms with van der Waals surface area (Å²) in [5, 5.41) is 4.34. The third-order valence-electron chi connectivity index (χ3n) is 4.92. The van der Waals surface area contributed by atoms with Crippen molar-refractivity contribution in [2.75, 3.05) is 27.2 Å². The number of rotatable bonds is 3. The summed E-state index contributed by atoms with van der Waals surface area (Å²) < 4.78 is 4.84. The molecule has 24 heavy (non-hydrogen) atoms. The van der Waals surface area contributed by atoms with E-state index < -0.39 is 0 Å². The number of methoxy groups -OCH3 is 1. The fraction of sp³-hybridized carbons (Fsp3) is 0.556. The fourth-order valence-corrected chi connectivity index (χ4v) is 3.62. The Balaban J connectivity index is 1.53. The molecular formula is C18H24ClN3O2. The average molecular weight is 350 g/mol. The number of ether oxygens (including phenoxy) is 1. The number of likely N-dealkylation sites (tertiary alicyclic amines) is 1. The SMILES string of the molecule is CN=C(NC1CC1c1cccc(Cl)c1)N1CCC(C(=O)OC)CC1. The van der Waals surface area contributed by atoms with Gasteiger partial charge in [0, 0.05) is 37.1 Å². The topological polar surface area (TPSA) is 53.9 Å². The molecule has 2 atom stereocenters. The largest absolute Gasteiger partial charge is 0.469 e. The molecule has 0 spiro atoms. The number of piperidine rings is 1. The predicted octanol–water partition coefficient (Wildman–Crippen LogP) is 2.66. The van der Waals surface area contributed by atoms with Gasteiger partial charge in [-0.2, -0.15) is 0 Å². The molecule has 2 unspecified atom stereocenters. The van der Waals surface area contributed by atoms with Gasteiger partial charge < -0.3 is 15.0 Å². The van der Waals surface area contributed by atoms with Crippen molar-refractivity contribution in [3.05, 3.63) is 34.9 Å². The Kier molecular flexibility index (Phi) is 5.29. The number of hydrogen-bond donors (Lipinski definition) is 1. The maximum absolute atomic E-state index is 11.6. The number of hydrogen-bond acceptors (Lipinski definition) is 3. The van der Waals surface area contributed by atoms with Crippen LogP contribution in [-0.4, -0.2) is 50.1 Å². The molecule has 1 saturated carbocycles. The Morgan fingerprint density at radius 2 is 2.12 bits per heavy atom. The Morgan fingerprint density at radius 3 is 2.75 bits per heavy atom. The fourth-order valence-electron chi connectivity index (χ4n) is 3.42. The van der Waals surface area contributed by atoms with Gasteiger partial charge in [0.2, 0.25) is 0 Å². The van der Waals surface area contributed by atoms with E-state index in [9.17, 15) is 4.79 Å². The summed E-state index contributed by atoms with van der Waals surface area (Å²) in [6.45, 7) is 1.65. The smallest absolute Gasteiger partial charge is 0.308 e. The number of halogens is 1. The van der Waals surface area contributed by atoms with Crippen LogP contribution in [0.1, 0.15) is 30.7 Å². The van der Waals surface area contributed by atoms with E-state index in [1.165, 1.54) is 12.7 Å². The highest BCUT2D eigenvalue weighted by atomic mass is 35.5. The first-order valence-electron chi connectivity index (χ1n) is 8.44. The Morgan fingerprint density at radius 1 is 1.38 bits per heavy atom. The molecule has 0 bridgehead atoms. The molecule has 1 aliphatic carbocycles. The van der Waals surface area contributed by atoms with Crippen LogP contribution in [0.15, 0.2) is 29.3 Å². The van der Waals surface area contributed by atoms with E-state index in [1.807, 2.05) is 25.2 Å². The van der Waals surface area contributed by atoms with E-state index in [2.05, 4.69) is 21.3 Å². The first-order chi connectivity index (χ1) is 11.6. The Labute approximate surface area is 148 Å². The standard InChI is InChI=1S/C18H24ClN3O2/c1-20-18(22-8-6-12(7-9-22)17(23)24-2)21-16-11-15(16)13-4-3-5-14(19)10-13/h3-5,10,12,15-16H,6-9,11H2,1-2H3,(H,20,21). The van der Waals surface area contributed by atoms with Crippen molar-refractivity contribution in [3.63, 3.8) is 0 Å². The first-order valence-corrected chi connectivity index (χ1v) is 8.81. The van der Waals surface area contributed by atoms with E-state index in [-0.39, 0.29) is 11.9 Å². The number of carbonyl (C=O) groups excluding carboxylic acids is 1. The van der Waals surface area contributed by atoms with Gasteiger partial charge in [-0.1, -0.05) is 23.7 Å². The van der Waals surface area contributed by atoms with Crippen LogP contribution in [0.25, 0.3) is 0 Å². The van der Waals surface area contributed by atoms with Gasteiger partial charge in [0.05, 0.1) is 13.0 Å². The van der Waals surface area contributed by atoms with E-state index in [4.69, 9.17) is 16.3 Å². The molecule has 0 aromatic heterocycles.